The first-order chi connectivity index (χ1) is 9.01. The van der Waals surface area contributed by atoms with Gasteiger partial charge in [-0.2, -0.15) is 5.10 Å². The van der Waals surface area contributed by atoms with E-state index in [1.165, 1.54) is 0 Å². The Bertz CT molecular complexity index is 578. The molecule has 1 aromatic heterocycles. The molecule has 0 aliphatic rings. The van der Waals surface area contributed by atoms with E-state index in [9.17, 15) is 0 Å². The lowest BCUT2D eigenvalue weighted by atomic mass is 9.99. The maximum Gasteiger partial charge on any atom is 0.0669 e. The number of hydrogen-bond donors (Lipinski definition) is 1. The minimum Gasteiger partial charge on any atom is -0.324 e. The Morgan fingerprint density at radius 1 is 1.32 bits per heavy atom. The fourth-order valence-electron chi connectivity index (χ4n) is 2.17. The molecule has 1 atom stereocenters. The van der Waals surface area contributed by atoms with Crippen molar-refractivity contribution in [3.8, 4) is 0 Å². The van der Waals surface area contributed by atoms with Crippen molar-refractivity contribution in [3.05, 3.63) is 51.3 Å². The third-order valence-electron chi connectivity index (χ3n) is 3.11. The minimum atomic E-state index is -0.0825. The average molecular weight is 298 g/mol. The van der Waals surface area contributed by atoms with Crippen LogP contribution in [0.25, 0.3) is 0 Å². The molecule has 1 aromatic carbocycles. The topological polar surface area (TPSA) is 43.8 Å². The van der Waals surface area contributed by atoms with Crippen LogP contribution in [0.1, 0.15) is 29.8 Å². The molecule has 0 saturated heterocycles. The van der Waals surface area contributed by atoms with Gasteiger partial charge in [-0.15, -0.1) is 0 Å². The van der Waals surface area contributed by atoms with E-state index in [2.05, 4.69) is 12.0 Å². The number of nitrogens with two attached hydrogens (primary N) is 1. The SMILES string of the molecule is CCc1nn(C)cc1C(N)Cc1ccc(Cl)c(Cl)c1. The lowest BCUT2D eigenvalue weighted by Crippen LogP contribution is -2.14. The largest absolute Gasteiger partial charge is 0.324 e. The number of hydrogen-bond acceptors (Lipinski definition) is 2. The normalized spacial score (nSPS) is 12.7. The van der Waals surface area contributed by atoms with Gasteiger partial charge >= 0.3 is 0 Å². The Balaban J connectivity index is 2.20. The number of rotatable bonds is 4. The zero-order chi connectivity index (χ0) is 14.0. The molecule has 0 aliphatic carbocycles. The van der Waals surface area contributed by atoms with Crippen LogP contribution in [0.5, 0.6) is 0 Å². The molecule has 1 heterocycles. The lowest BCUT2D eigenvalue weighted by Gasteiger charge is -2.12. The van der Waals surface area contributed by atoms with E-state index in [4.69, 9.17) is 28.9 Å². The van der Waals surface area contributed by atoms with Gasteiger partial charge < -0.3 is 5.73 Å². The molecule has 2 aromatic rings. The Labute approximate surface area is 123 Å². The zero-order valence-corrected chi connectivity index (χ0v) is 12.5. The standard InChI is InChI=1S/C14H17Cl2N3/c1-3-14-10(8-19(2)18-14)13(17)7-9-4-5-11(15)12(16)6-9/h4-6,8,13H,3,7,17H2,1-2H3. The number of halogens is 2. The summed E-state index contributed by atoms with van der Waals surface area (Å²) < 4.78 is 1.81. The molecule has 1 unspecified atom stereocenters. The molecule has 0 bridgehead atoms. The van der Waals surface area contributed by atoms with Gasteiger partial charge in [0.15, 0.2) is 0 Å². The maximum absolute atomic E-state index is 6.28. The molecule has 2 rings (SSSR count). The van der Waals surface area contributed by atoms with E-state index in [0.29, 0.717) is 10.0 Å². The highest BCUT2D eigenvalue weighted by atomic mass is 35.5. The predicted molar refractivity (Wildman–Crippen MR) is 79.7 cm³/mol. The van der Waals surface area contributed by atoms with Crippen molar-refractivity contribution in [2.45, 2.75) is 25.8 Å². The second-order valence-corrected chi connectivity index (χ2v) is 5.43. The molecule has 0 fully saturated rings. The van der Waals surface area contributed by atoms with Crippen molar-refractivity contribution >= 4 is 23.2 Å². The molecule has 2 N–H and O–H groups in total. The van der Waals surface area contributed by atoms with Crippen LogP contribution in [-0.4, -0.2) is 9.78 Å². The first kappa shape index (κ1) is 14.4. The third-order valence-corrected chi connectivity index (χ3v) is 3.85. The van der Waals surface area contributed by atoms with Gasteiger partial charge in [-0.05, 0) is 30.5 Å². The van der Waals surface area contributed by atoms with Crippen LogP contribution in [0.4, 0.5) is 0 Å². The highest BCUT2D eigenvalue weighted by molar-refractivity contribution is 6.42. The van der Waals surface area contributed by atoms with Crippen LogP contribution in [0.2, 0.25) is 10.0 Å². The van der Waals surface area contributed by atoms with Gasteiger partial charge in [-0.3, -0.25) is 4.68 Å². The van der Waals surface area contributed by atoms with Gasteiger partial charge in [0.2, 0.25) is 0 Å². The molecule has 0 amide bonds. The van der Waals surface area contributed by atoms with Crippen LogP contribution in [0.3, 0.4) is 0 Å². The predicted octanol–water partition coefficient (Wildman–Crippen LogP) is 3.53. The van der Waals surface area contributed by atoms with E-state index in [0.717, 1.165) is 29.7 Å². The smallest absolute Gasteiger partial charge is 0.0669 e. The monoisotopic (exact) mass is 297 g/mol. The van der Waals surface area contributed by atoms with E-state index in [1.54, 1.807) is 6.07 Å². The lowest BCUT2D eigenvalue weighted by molar-refractivity contribution is 0.711. The Kier molecular flexibility index (Phi) is 4.50. The molecule has 3 nitrogen and oxygen atoms in total. The Morgan fingerprint density at radius 3 is 2.68 bits per heavy atom. The summed E-state index contributed by atoms with van der Waals surface area (Å²) in [5, 5.41) is 5.54. The van der Waals surface area contributed by atoms with Crippen molar-refractivity contribution < 1.29 is 0 Å². The summed E-state index contributed by atoms with van der Waals surface area (Å²) in [6.45, 7) is 2.08. The van der Waals surface area contributed by atoms with Gasteiger partial charge in [-0.1, -0.05) is 36.2 Å². The van der Waals surface area contributed by atoms with Crippen molar-refractivity contribution in [1.82, 2.24) is 9.78 Å². The van der Waals surface area contributed by atoms with Crippen LogP contribution < -0.4 is 5.73 Å². The van der Waals surface area contributed by atoms with Crippen molar-refractivity contribution in [1.29, 1.82) is 0 Å². The maximum atomic E-state index is 6.28. The van der Waals surface area contributed by atoms with E-state index in [-0.39, 0.29) is 6.04 Å². The van der Waals surface area contributed by atoms with Gasteiger partial charge in [0.05, 0.1) is 15.7 Å². The van der Waals surface area contributed by atoms with Crippen LogP contribution in [-0.2, 0) is 19.9 Å². The van der Waals surface area contributed by atoms with E-state index >= 15 is 0 Å². The molecule has 102 valence electrons. The molecule has 0 radical (unpaired) electrons. The van der Waals surface area contributed by atoms with Crippen molar-refractivity contribution in [2.75, 3.05) is 0 Å². The number of benzene rings is 1. The molecule has 0 saturated carbocycles. The third kappa shape index (κ3) is 3.30. The van der Waals surface area contributed by atoms with E-state index < -0.39 is 0 Å². The van der Waals surface area contributed by atoms with Gasteiger partial charge in [0.25, 0.3) is 0 Å². The molecular weight excluding hydrogens is 281 g/mol. The average Bonchev–Trinajstić information content (AvgIpc) is 2.75. The second kappa shape index (κ2) is 5.95. The Morgan fingerprint density at radius 2 is 2.05 bits per heavy atom. The van der Waals surface area contributed by atoms with Crippen molar-refractivity contribution in [3.63, 3.8) is 0 Å². The quantitative estimate of drug-likeness (QED) is 0.938. The summed E-state index contributed by atoms with van der Waals surface area (Å²) in [5.41, 5.74) is 9.50. The highest BCUT2D eigenvalue weighted by Gasteiger charge is 2.15. The molecular formula is C14H17Cl2N3. The number of aromatic nitrogens is 2. The molecule has 0 spiro atoms. The molecule has 19 heavy (non-hydrogen) atoms. The molecule has 5 heteroatoms. The highest BCUT2D eigenvalue weighted by Crippen LogP contribution is 2.25. The fourth-order valence-corrected chi connectivity index (χ4v) is 2.49. The van der Waals surface area contributed by atoms with Crippen LogP contribution >= 0.6 is 23.2 Å². The number of nitrogens with zero attached hydrogens (tertiary/aromatic N) is 2. The van der Waals surface area contributed by atoms with Gasteiger partial charge in [0.1, 0.15) is 0 Å². The van der Waals surface area contributed by atoms with Gasteiger partial charge in [-0.25, -0.2) is 0 Å². The first-order valence-corrected chi connectivity index (χ1v) is 6.98. The zero-order valence-electron chi connectivity index (χ0n) is 11.0. The fraction of sp³-hybridized carbons (Fsp3) is 0.357. The van der Waals surface area contributed by atoms with E-state index in [1.807, 2.05) is 30.1 Å². The number of aryl methyl sites for hydroxylation is 2. The summed E-state index contributed by atoms with van der Waals surface area (Å²) in [6, 6.07) is 5.54. The van der Waals surface area contributed by atoms with Gasteiger partial charge in [0, 0.05) is 24.8 Å². The summed E-state index contributed by atoms with van der Waals surface area (Å²) >= 11 is 11.9. The second-order valence-electron chi connectivity index (χ2n) is 4.62. The summed E-state index contributed by atoms with van der Waals surface area (Å²) in [7, 11) is 1.91. The Hall–Kier alpha value is -1.03. The van der Waals surface area contributed by atoms with Crippen LogP contribution in [0.15, 0.2) is 24.4 Å². The summed E-state index contributed by atoms with van der Waals surface area (Å²) in [5.74, 6) is 0. The minimum absolute atomic E-state index is 0.0825. The molecule has 0 aliphatic heterocycles. The van der Waals surface area contributed by atoms with Crippen LogP contribution in [0, 0.1) is 0 Å². The first-order valence-electron chi connectivity index (χ1n) is 6.23. The summed E-state index contributed by atoms with van der Waals surface area (Å²) in [4.78, 5) is 0. The van der Waals surface area contributed by atoms with Crippen molar-refractivity contribution in [2.24, 2.45) is 12.8 Å². The summed E-state index contributed by atoms with van der Waals surface area (Å²) in [6.07, 6.45) is 3.59.